The fraction of sp³-hybridized carbons (Fsp3) is 0.240. The number of amides is 1. The fourth-order valence-corrected chi connectivity index (χ4v) is 5.49. The van der Waals surface area contributed by atoms with Gasteiger partial charge in [-0.05, 0) is 48.2 Å². The van der Waals surface area contributed by atoms with E-state index in [1.807, 2.05) is 60.7 Å². The highest BCUT2D eigenvalue weighted by molar-refractivity contribution is 7.89. The van der Waals surface area contributed by atoms with Gasteiger partial charge in [-0.2, -0.15) is 4.31 Å². The Bertz CT molecular complexity index is 1110. The highest BCUT2D eigenvalue weighted by atomic mass is 32.2. The quantitative estimate of drug-likeness (QED) is 0.612. The van der Waals surface area contributed by atoms with Crippen molar-refractivity contribution in [3.05, 3.63) is 102 Å². The summed E-state index contributed by atoms with van der Waals surface area (Å²) in [5.41, 5.74) is 1.98. The van der Waals surface area contributed by atoms with Crippen LogP contribution in [0, 0.1) is 11.7 Å². The zero-order chi connectivity index (χ0) is 22.6. The lowest BCUT2D eigenvalue weighted by molar-refractivity contribution is -0.126. The average molecular weight is 453 g/mol. The maximum atomic E-state index is 13.2. The van der Waals surface area contributed by atoms with Gasteiger partial charge in [-0.25, -0.2) is 12.8 Å². The summed E-state index contributed by atoms with van der Waals surface area (Å²) in [6.07, 6.45) is 0.866. The summed E-state index contributed by atoms with van der Waals surface area (Å²) in [5, 5.41) is 3.16. The van der Waals surface area contributed by atoms with Crippen molar-refractivity contribution in [2.24, 2.45) is 5.92 Å². The molecule has 4 rings (SSSR count). The van der Waals surface area contributed by atoms with E-state index >= 15 is 0 Å². The van der Waals surface area contributed by atoms with E-state index in [4.69, 9.17) is 0 Å². The van der Waals surface area contributed by atoms with E-state index in [0.29, 0.717) is 12.8 Å². The van der Waals surface area contributed by atoms with Crippen LogP contribution in [0.3, 0.4) is 0 Å². The molecule has 32 heavy (non-hydrogen) atoms. The number of carbonyl (C=O) groups is 1. The van der Waals surface area contributed by atoms with Crippen LogP contribution in [0.25, 0.3) is 0 Å². The van der Waals surface area contributed by atoms with E-state index in [2.05, 4.69) is 5.32 Å². The van der Waals surface area contributed by atoms with E-state index in [1.165, 1.54) is 16.4 Å². The molecule has 0 radical (unpaired) electrons. The van der Waals surface area contributed by atoms with Gasteiger partial charge in [-0.15, -0.1) is 0 Å². The van der Waals surface area contributed by atoms with Crippen molar-refractivity contribution in [1.82, 2.24) is 9.62 Å². The number of sulfonamides is 1. The molecule has 0 atom stereocenters. The molecule has 1 aliphatic heterocycles. The number of nitrogens with one attached hydrogen (secondary N) is 1. The molecule has 0 saturated carbocycles. The first-order chi connectivity index (χ1) is 15.4. The molecule has 0 aromatic heterocycles. The third-order valence-corrected chi connectivity index (χ3v) is 7.74. The largest absolute Gasteiger partial charge is 0.345 e. The van der Waals surface area contributed by atoms with Crippen molar-refractivity contribution >= 4 is 15.9 Å². The van der Waals surface area contributed by atoms with Crippen LogP contribution in [-0.2, 0) is 14.8 Å². The van der Waals surface area contributed by atoms with Gasteiger partial charge in [-0.3, -0.25) is 4.79 Å². The third-order valence-electron chi connectivity index (χ3n) is 5.83. The number of rotatable bonds is 6. The van der Waals surface area contributed by atoms with Gasteiger partial charge in [0.2, 0.25) is 15.9 Å². The summed E-state index contributed by atoms with van der Waals surface area (Å²) < 4.78 is 40.2. The van der Waals surface area contributed by atoms with E-state index < -0.39 is 15.8 Å². The van der Waals surface area contributed by atoms with Gasteiger partial charge in [0.05, 0.1) is 10.9 Å². The Labute approximate surface area is 187 Å². The maximum absolute atomic E-state index is 13.2. The van der Waals surface area contributed by atoms with Crippen LogP contribution in [0.2, 0.25) is 0 Å². The number of carbonyl (C=O) groups excluding carboxylic acids is 1. The summed E-state index contributed by atoms with van der Waals surface area (Å²) in [5.74, 6) is -0.836. The number of piperidine rings is 1. The first kappa shape index (κ1) is 22.2. The molecule has 3 aromatic rings. The lowest BCUT2D eigenvalue weighted by atomic mass is 9.94. The van der Waals surface area contributed by atoms with Crippen molar-refractivity contribution in [1.29, 1.82) is 0 Å². The Morgan fingerprint density at radius 3 is 1.84 bits per heavy atom. The molecular weight excluding hydrogens is 427 g/mol. The summed E-state index contributed by atoms with van der Waals surface area (Å²) in [7, 11) is -3.70. The van der Waals surface area contributed by atoms with Gasteiger partial charge < -0.3 is 5.32 Å². The molecule has 1 heterocycles. The Morgan fingerprint density at radius 1 is 0.844 bits per heavy atom. The molecule has 0 aliphatic carbocycles. The molecule has 0 bridgehead atoms. The molecule has 1 saturated heterocycles. The zero-order valence-electron chi connectivity index (χ0n) is 17.5. The van der Waals surface area contributed by atoms with Crippen LogP contribution in [0.1, 0.15) is 30.0 Å². The molecular formula is C25H25FN2O3S. The average Bonchev–Trinajstić information content (AvgIpc) is 2.84. The summed E-state index contributed by atoms with van der Waals surface area (Å²) in [6, 6.07) is 24.1. The van der Waals surface area contributed by atoms with Gasteiger partial charge >= 0.3 is 0 Å². The standard InChI is InChI=1S/C25H25FN2O3S/c26-22-11-13-23(14-12-22)32(30,31)28-17-15-21(16-18-28)25(29)27-24(19-7-3-1-4-8-19)20-9-5-2-6-10-20/h1-14,21,24H,15-18H2,(H,27,29). The van der Waals surface area contributed by atoms with E-state index in [1.54, 1.807) is 0 Å². The van der Waals surface area contributed by atoms with Gasteiger partial charge in [0, 0.05) is 19.0 Å². The number of nitrogens with zero attached hydrogens (tertiary/aromatic N) is 1. The number of benzene rings is 3. The Morgan fingerprint density at radius 2 is 1.34 bits per heavy atom. The van der Waals surface area contributed by atoms with Crippen molar-refractivity contribution in [2.45, 2.75) is 23.8 Å². The minimum absolute atomic E-state index is 0.0648. The Balaban J connectivity index is 1.44. The monoisotopic (exact) mass is 452 g/mol. The van der Waals surface area contributed by atoms with E-state index in [0.717, 1.165) is 23.3 Å². The summed E-state index contributed by atoms with van der Waals surface area (Å²) >= 11 is 0. The Kier molecular flexibility index (Phi) is 6.67. The second kappa shape index (κ2) is 9.63. The van der Waals surface area contributed by atoms with Crippen molar-refractivity contribution in [3.8, 4) is 0 Å². The molecule has 166 valence electrons. The van der Waals surface area contributed by atoms with E-state index in [9.17, 15) is 17.6 Å². The molecule has 7 heteroatoms. The SMILES string of the molecule is O=C(NC(c1ccccc1)c1ccccc1)C1CCN(S(=O)(=O)c2ccc(F)cc2)CC1. The number of hydrogen-bond acceptors (Lipinski definition) is 3. The zero-order valence-corrected chi connectivity index (χ0v) is 18.3. The minimum atomic E-state index is -3.70. The molecule has 3 aromatic carbocycles. The van der Waals surface area contributed by atoms with Crippen LogP contribution in [0.4, 0.5) is 4.39 Å². The van der Waals surface area contributed by atoms with E-state index in [-0.39, 0.29) is 35.9 Å². The second-order valence-corrected chi connectivity index (χ2v) is 9.83. The van der Waals surface area contributed by atoms with Gasteiger partial charge in [0.15, 0.2) is 0 Å². The van der Waals surface area contributed by atoms with Crippen molar-refractivity contribution < 1.29 is 17.6 Å². The van der Waals surface area contributed by atoms with Crippen LogP contribution < -0.4 is 5.32 Å². The fourth-order valence-electron chi connectivity index (χ4n) is 4.02. The van der Waals surface area contributed by atoms with Crippen molar-refractivity contribution in [3.63, 3.8) is 0 Å². The van der Waals surface area contributed by atoms with Gasteiger partial charge in [-0.1, -0.05) is 60.7 Å². The molecule has 1 N–H and O–H groups in total. The smallest absolute Gasteiger partial charge is 0.243 e. The van der Waals surface area contributed by atoms with Gasteiger partial charge in [0.1, 0.15) is 5.82 Å². The predicted octanol–water partition coefficient (Wildman–Crippen LogP) is 4.13. The van der Waals surface area contributed by atoms with Crippen LogP contribution in [-0.4, -0.2) is 31.7 Å². The summed E-state index contributed by atoms with van der Waals surface area (Å²) in [4.78, 5) is 13.2. The van der Waals surface area contributed by atoms with Crippen molar-refractivity contribution in [2.75, 3.05) is 13.1 Å². The first-order valence-corrected chi connectivity index (χ1v) is 12.0. The lowest BCUT2D eigenvalue weighted by Crippen LogP contribution is -2.43. The number of halogens is 1. The third kappa shape index (κ3) is 4.89. The Hall–Kier alpha value is -3.03. The van der Waals surface area contributed by atoms with Gasteiger partial charge in [0.25, 0.3) is 0 Å². The predicted molar refractivity (Wildman–Crippen MR) is 121 cm³/mol. The topological polar surface area (TPSA) is 66.5 Å². The maximum Gasteiger partial charge on any atom is 0.243 e. The molecule has 5 nitrogen and oxygen atoms in total. The molecule has 1 amide bonds. The second-order valence-electron chi connectivity index (χ2n) is 7.90. The summed E-state index contributed by atoms with van der Waals surface area (Å²) in [6.45, 7) is 0.498. The first-order valence-electron chi connectivity index (χ1n) is 10.6. The molecule has 1 aliphatic rings. The minimum Gasteiger partial charge on any atom is -0.345 e. The lowest BCUT2D eigenvalue weighted by Gasteiger charge is -2.31. The normalized spacial score (nSPS) is 15.6. The molecule has 0 spiro atoms. The number of hydrogen-bond donors (Lipinski definition) is 1. The van der Waals surface area contributed by atoms with Crippen LogP contribution >= 0.6 is 0 Å². The molecule has 0 unspecified atom stereocenters. The molecule has 1 fully saturated rings. The van der Waals surface area contributed by atoms with Crippen LogP contribution in [0.15, 0.2) is 89.8 Å². The highest BCUT2D eigenvalue weighted by Crippen LogP contribution is 2.27. The highest BCUT2D eigenvalue weighted by Gasteiger charge is 2.33. The van der Waals surface area contributed by atoms with Crippen LogP contribution in [0.5, 0.6) is 0 Å².